The van der Waals surface area contributed by atoms with Gasteiger partial charge in [0.1, 0.15) is 0 Å². The molecule has 0 bridgehead atoms. The second-order valence-corrected chi connectivity index (χ2v) is 6.41. The number of carbonyl (C=O) groups excluding carboxylic acids is 2. The number of nitrogens with zero attached hydrogens (tertiary/aromatic N) is 1. The number of rotatable bonds is 8. The molecule has 1 atom stereocenters. The van der Waals surface area contributed by atoms with Crippen LogP contribution >= 0.6 is 11.8 Å². The summed E-state index contributed by atoms with van der Waals surface area (Å²) in [6, 6.07) is 14.9. The summed E-state index contributed by atoms with van der Waals surface area (Å²) >= 11 is 1.23. The molecule has 25 heavy (non-hydrogen) atoms. The minimum atomic E-state index is -0.482. The molecule has 2 aromatic carbocycles. The number of hydrogen-bond acceptors (Lipinski definition) is 6. The minimum Gasteiger partial charge on any atom is -0.468 e. The van der Waals surface area contributed by atoms with Crippen LogP contribution in [-0.4, -0.2) is 29.5 Å². The lowest BCUT2D eigenvalue weighted by Crippen LogP contribution is -2.10. The molecule has 0 N–H and O–H groups in total. The number of methoxy groups -OCH3 is 1. The first-order valence-corrected chi connectivity index (χ1v) is 8.57. The molecule has 130 valence electrons. The zero-order chi connectivity index (χ0) is 18.2. The molecule has 2 rings (SSSR count). The van der Waals surface area contributed by atoms with Crippen molar-refractivity contribution in [3.05, 3.63) is 75.8 Å². The van der Waals surface area contributed by atoms with Crippen LogP contribution in [0.25, 0.3) is 0 Å². The molecule has 0 unspecified atom stereocenters. The molecule has 7 heteroatoms. The third-order valence-corrected chi connectivity index (χ3v) is 4.79. The Labute approximate surface area is 149 Å². The van der Waals surface area contributed by atoms with E-state index < -0.39 is 10.9 Å². The predicted molar refractivity (Wildman–Crippen MR) is 95.7 cm³/mol. The van der Waals surface area contributed by atoms with Crippen LogP contribution in [0.4, 0.5) is 5.69 Å². The maximum atomic E-state index is 12.5. The van der Waals surface area contributed by atoms with Crippen LogP contribution in [0.1, 0.15) is 27.6 Å². The molecule has 0 aliphatic carbocycles. The SMILES string of the molecule is COC(=O)CS[C@@H](CC(=O)c1ccccc1)c1cccc([N+](=O)[O-])c1. The normalized spacial score (nSPS) is 11.6. The lowest BCUT2D eigenvalue weighted by molar-refractivity contribution is -0.384. The van der Waals surface area contributed by atoms with Crippen molar-refractivity contribution in [3.63, 3.8) is 0 Å². The van der Waals surface area contributed by atoms with Gasteiger partial charge in [0.25, 0.3) is 5.69 Å². The second kappa shape index (κ2) is 8.98. The third-order valence-electron chi connectivity index (χ3n) is 3.55. The van der Waals surface area contributed by atoms with Crippen molar-refractivity contribution in [2.24, 2.45) is 0 Å². The summed E-state index contributed by atoms with van der Waals surface area (Å²) in [6.45, 7) is 0. The maximum Gasteiger partial charge on any atom is 0.315 e. The van der Waals surface area contributed by atoms with Crippen LogP contribution in [0, 0.1) is 10.1 Å². The van der Waals surface area contributed by atoms with Crippen molar-refractivity contribution < 1.29 is 19.2 Å². The number of thioether (sulfide) groups is 1. The number of Topliss-reactive ketones (excluding diaryl/α,β-unsaturated/α-hetero) is 1. The first kappa shape index (κ1) is 18.7. The summed E-state index contributed by atoms with van der Waals surface area (Å²) in [6.07, 6.45) is 0.132. The first-order chi connectivity index (χ1) is 12.0. The van der Waals surface area contributed by atoms with E-state index in [1.807, 2.05) is 6.07 Å². The lowest BCUT2D eigenvalue weighted by atomic mass is 10.0. The molecule has 0 spiro atoms. The Balaban J connectivity index is 2.23. The van der Waals surface area contributed by atoms with Gasteiger partial charge < -0.3 is 4.74 Å². The lowest BCUT2D eigenvalue weighted by Gasteiger charge is -2.16. The number of hydrogen-bond donors (Lipinski definition) is 0. The average Bonchev–Trinajstić information content (AvgIpc) is 2.65. The number of non-ortho nitro benzene ring substituents is 1. The van der Waals surface area contributed by atoms with Gasteiger partial charge >= 0.3 is 5.97 Å². The van der Waals surface area contributed by atoms with E-state index in [2.05, 4.69) is 4.74 Å². The van der Waals surface area contributed by atoms with Crippen molar-refractivity contribution in [2.75, 3.05) is 12.9 Å². The minimum absolute atomic E-state index is 0.0478. The number of nitro benzene ring substituents is 1. The predicted octanol–water partition coefficient (Wildman–Crippen LogP) is 3.82. The zero-order valence-electron chi connectivity index (χ0n) is 13.6. The first-order valence-electron chi connectivity index (χ1n) is 7.52. The van der Waals surface area contributed by atoms with Crippen LogP contribution < -0.4 is 0 Å². The van der Waals surface area contributed by atoms with E-state index in [0.29, 0.717) is 11.1 Å². The maximum absolute atomic E-state index is 12.5. The summed E-state index contributed by atoms with van der Waals surface area (Å²) < 4.78 is 4.64. The number of ketones is 1. The van der Waals surface area contributed by atoms with Crippen molar-refractivity contribution >= 4 is 29.2 Å². The monoisotopic (exact) mass is 359 g/mol. The summed E-state index contributed by atoms with van der Waals surface area (Å²) in [5, 5.41) is 10.6. The van der Waals surface area contributed by atoms with Crippen LogP contribution in [0.3, 0.4) is 0 Å². The molecule has 0 saturated carbocycles. The molecule has 0 aliphatic rings. The molecule has 0 fully saturated rings. The van der Waals surface area contributed by atoms with Gasteiger partial charge in [0.2, 0.25) is 0 Å². The average molecular weight is 359 g/mol. The highest BCUT2D eigenvalue weighted by atomic mass is 32.2. The van der Waals surface area contributed by atoms with Gasteiger partial charge in [-0.2, -0.15) is 0 Å². The van der Waals surface area contributed by atoms with E-state index in [0.717, 1.165) is 0 Å². The molecule has 0 aliphatic heterocycles. The van der Waals surface area contributed by atoms with E-state index in [4.69, 9.17) is 0 Å². The highest BCUT2D eigenvalue weighted by Crippen LogP contribution is 2.34. The summed E-state index contributed by atoms with van der Waals surface area (Å²) in [4.78, 5) is 34.4. The number of benzene rings is 2. The molecular formula is C18H17NO5S. The molecule has 0 radical (unpaired) electrons. The zero-order valence-corrected chi connectivity index (χ0v) is 14.4. The largest absolute Gasteiger partial charge is 0.468 e. The van der Waals surface area contributed by atoms with Gasteiger partial charge in [-0.1, -0.05) is 42.5 Å². The van der Waals surface area contributed by atoms with Crippen molar-refractivity contribution in [1.82, 2.24) is 0 Å². The highest BCUT2D eigenvalue weighted by molar-refractivity contribution is 8.00. The number of esters is 1. The number of nitro groups is 1. The Morgan fingerprint density at radius 1 is 1.16 bits per heavy atom. The Kier molecular flexibility index (Phi) is 6.71. The van der Waals surface area contributed by atoms with Crippen LogP contribution in [0.15, 0.2) is 54.6 Å². The Morgan fingerprint density at radius 3 is 2.52 bits per heavy atom. The Hall–Kier alpha value is -2.67. The molecule has 0 aromatic heterocycles. The fourth-order valence-corrected chi connectivity index (χ4v) is 3.31. The number of carbonyl (C=O) groups is 2. The van der Waals surface area contributed by atoms with Gasteiger partial charge in [0.15, 0.2) is 5.78 Å². The standard InChI is InChI=1S/C18H17NO5S/c1-24-18(21)12-25-17(11-16(20)13-6-3-2-4-7-13)14-8-5-9-15(10-14)19(22)23/h2-10,17H,11-12H2,1H3/t17-/m0/s1. The molecule has 6 nitrogen and oxygen atoms in total. The molecule has 0 heterocycles. The molecule has 0 saturated heterocycles. The summed E-state index contributed by atoms with van der Waals surface area (Å²) in [7, 11) is 1.29. The van der Waals surface area contributed by atoms with E-state index in [1.54, 1.807) is 36.4 Å². The Morgan fingerprint density at radius 2 is 1.88 bits per heavy atom. The van der Waals surface area contributed by atoms with Crippen LogP contribution in [0.5, 0.6) is 0 Å². The smallest absolute Gasteiger partial charge is 0.315 e. The van der Waals surface area contributed by atoms with Gasteiger partial charge in [-0.15, -0.1) is 11.8 Å². The number of ether oxygens (including phenoxy) is 1. The molecule has 0 amide bonds. The molecule has 2 aromatic rings. The quantitative estimate of drug-likeness (QED) is 0.308. The van der Waals surface area contributed by atoms with Gasteiger partial charge in [-0.25, -0.2) is 0 Å². The van der Waals surface area contributed by atoms with Crippen molar-refractivity contribution in [1.29, 1.82) is 0 Å². The topological polar surface area (TPSA) is 86.5 Å². The van der Waals surface area contributed by atoms with E-state index in [9.17, 15) is 19.7 Å². The van der Waals surface area contributed by atoms with E-state index in [1.165, 1.54) is 31.0 Å². The Bertz CT molecular complexity index is 763. The van der Waals surface area contributed by atoms with Gasteiger partial charge in [-0.3, -0.25) is 19.7 Å². The summed E-state index contributed by atoms with van der Waals surface area (Å²) in [5.41, 5.74) is 1.15. The van der Waals surface area contributed by atoms with E-state index in [-0.39, 0.29) is 28.9 Å². The fraction of sp³-hybridized carbons (Fsp3) is 0.222. The van der Waals surface area contributed by atoms with Crippen molar-refractivity contribution in [3.8, 4) is 0 Å². The van der Waals surface area contributed by atoms with Crippen LogP contribution in [-0.2, 0) is 9.53 Å². The summed E-state index contributed by atoms with van der Waals surface area (Å²) in [5.74, 6) is -0.437. The van der Waals surface area contributed by atoms with Gasteiger partial charge in [0, 0.05) is 29.4 Å². The van der Waals surface area contributed by atoms with Crippen LogP contribution in [0.2, 0.25) is 0 Å². The van der Waals surface area contributed by atoms with Gasteiger partial charge in [-0.05, 0) is 5.56 Å². The second-order valence-electron chi connectivity index (χ2n) is 5.22. The fourth-order valence-electron chi connectivity index (χ4n) is 2.25. The van der Waals surface area contributed by atoms with E-state index >= 15 is 0 Å². The van der Waals surface area contributed by atoms with Gasteiger partial charge in [0.05, 0.1) is 17.8 Å². The van der Waals surface area contributed by atoms with Crippen molar-refractivity contribution in [2.45, 2.75) is 11.7 Å². The highest BCUT2D eigenvalue weighted by Gasteiger charge is 2.21. The third kappa shape index (κ3) is 5.42. The molecular weight excluding hydrogens is 342 g/mol.